The number of amides is 1. The van der Waals surface area contributed by atoms with E-state index in [1.807, 2.05) is 7.05 Å². The van der Waals surface area contributed by atoms with Crippen LogP contribution in [0.1, 0.15) is 23.5 Å². The Morgan fingerprint density at radius 1 is 1.75 bits per heavy atom. The summed E-state index contributed by atoms with van der Waals surface area (Å²) in [6.45, 7) is 2.84. The second kappa shape index (κ2) is 5.12. The summed E-state index contributed by atoms with van der Waals surface area (Å²) >= 11 is 0. The molecule has 1 amide bonds. The lowest BCUT2D eigenvalue weighted by Crippen LogP contribution is -2.38. The predicted octanol–water partition coefficient (Wildman–Crippen LogP) is 0.150. The number of nitrogens with one attached hydrogen (secondary N) is 2. The minimum absolute atomic E-state index is 0.0851. The minimum atomic E-state index is -0.0851. The molecule has 2 heterocycles. The van der Waals surface area contributed by atoms with Crippen LogP contribution in [0.3, 0.4) is 0 Å². The lowest BCUT2D eigenvalue weighted by atomic mass is 10.00. The highest BCUT2D eigenvalue weighted by atomic mass is 16.2. The smallest absolute Gasteiger partial charge is 0.287 e. The van der Waals surface area contributed by atoms with Gasteiger partial charge in [-0.2, -0.15) is 0 Å². The molecule has 2 N–H and O–H groups in total. The Balaban J connectivity index is 1.81. The van der Waals surface area contributed by atoms with Crippen molar-refractivity contribution in [3.63, 3.8) is 0 Å². The van der Waals surface area contributed by atoms with E-state index in [1.165, 1.54) is 12.8 Å². The van der Waals surface area contributed by atoms with E-state index in [-0.39, 0.29) is 5.91 Å². The lowest BCUT2D eigenvalue weighted by molar-refractivity contribution is 0.0931. The summed E-state index contributed by atoms with van der Waals surface area (Å²) < 4.78 is 1.73. The van der Waals surface area contributed by atoms with Crippen LogP contribution >= 0.6 is 0 Å². The average molecular weight is 222 g/mol. The van der Waals surface area contributed by atoms with Gasteiger partial charge < -0.3 is 15.2 Å². The fraction of sp³-hybridized carbons (Fsp3) is 0.636. The summed E-state index contributed by atoms with van der Waals surface area (Å²) in [7, 11) is 1.82. The molecular formula is C11H18N4O. The first kappa shape index (κ1) is 11.1. The van der Waals surface area contributed by atoms with E-state index in [0.717, 1.165) is 19.6 Å². The van der Waals surface area contributed by atoms with Crippen molar-refractivity contribution in [2.75, 3.05) is 19.6 Å². The number of carbonyl (C=O) groups excluding carboxylic acids is 1. The zero-order valence-corrected chi connectivity index (χ0v) is 9.57. The molecule has 0 bridgehead atoms. The first-order valence-electron chi connectivity index (χ1n) is 5.73. The summed E-state index contributed by atoms with van der Waals surface area (Å²) in [5, 5.41) is 6.27. The summed E-state index contributed by atoms with van der Waals surface area (Å²) in [5.41, 5.74) is 0. The molecule has 0 aromatic carbocycles. The number of carbonyl (C=O) groups is 1. The molecule has 1 aliphatic heterocycles. The second-order valence-corrected chi connectivity index (χ2v) is 4.28. The topological polar surface area (TPSA) is 59.0 Å². The molecule has 5 heteroatoms. The van der Waals surface area contributed by atoms with Crippen LogP contribution in [-0.2, 0) is 7.05 Å². The summed E-state index contributed by atoms with van der Waals surface area (Å²) in [4.78, 5) is 15.8. The van der Waals surface area contributed by atoms with Crippen LogP contribution in [-0.4, -0.2) is 35.1 Å². The standard InChI is InChI=1S/C11H18N4O/c1-15-6-5-13-10(15)11(16)14-8-9-3-2-4-12-7-9/h5-6,9,12H,2-4,7-8H2,1H3,(H,14,16). The van der Waals surface area contributed by atoms with Gasteiger partial charge in [0.2, 0.25) is 0 Å². The van der Waals surface area contributed by atoms with Crippen molar-refractivity contribution in [2.45, 2.75) is 12.8 Å². The van der Waals surface area contributed by atoms with Crippen molar-refractivity contribution in [1.29, 1.82) is 0 Å². The van der Waals surface area contributed by atoms with Crippen LogP contribution in [0.15, 0.2) is 12.4 Å². The van der Waals surface area contributed by atoms with Gasteiger partial charge in [-0.25, -0.2) is 4.98 Å². The second-order valence-electron chi connectivity index (χ2n) is 4.28. The third kappa shape index (κ3) is 2.61. The summed E-state index contributed by atoms with van der Waals surface area (Å²) in [5.74, 6) is 0.944. The maximum absolute atomic E-state index is 11.8. The quantitative estimate of drug-likeness (QED) is 0.765. The first-order chi connectivity index (χ1) is 7.77. The zero-order valence-electron chi connectivity index (χ0n) is 9.57. The molecule has 16 heavy (non-hydrogen) atoms. The van der Waals surface area contributed by atoms with Crippen molar-refractivity contribution in [2.24, 2.45) is 13.0 Å². The SMILES string of the molecule is Cn1ccnc1C(=O)NCC1CCCNC1. The fourth-order valence-electron chi connectivity index (χ4n) is 2.00. The zero-order chi connectivity index (χ0) is 11.4. The van der Waals surface area contributed by atoms with E-state index in [2.05, 4.69) is 15.6 Å². The molecule has 88 valence electrons. The Hall–Kier alpha value is -1.36. The molecule has 0 spiro atoms. The molecule has 1 unspecified atom stereocenters. The molecule has 0 radical (unpaired) electrons. The number of hydrogen-bond acceptors (Lipinski definition) is 3. The van der Waals surface area contributed by atoms with Crippen molar-refractivity contribution < 1.29 is 4.79 Å². The van der Waals surface area contributed by atoms with Crippen LogP contribution < -0.4 is 10.6 Å². The molecule has 1 saturated heterocycles. The maximum Gasteiger partial charge on any atom is 0.287 e. The van der Waals surface area contributed by atoms with Crippen LogP contribution in [0.25, 0.3) is 0 Å². The Bertz CT molecular complexity index is 355. The summed E-state index contributed by atoms with van der Waals surface area (Å²) in [6, 6.07) is 0. The number of imidazole rings is 1. The van der Waals surface area contributed by atoms with Gasteiger partial charge >= 0.3 is 0 Å². The van der Waals surface area contributed by atoms with E-state index >= 15 is 0 Å². The van der Waals surface area contributed by atoms with Gasteiger partial charge in [-0.3, -0.25) is 4.79 Å². The van der Waals surface area contributed by atoms with Gasteiger partial charge in [0.1, 0.15) is 0 Å². The third-order valence-electron chi connectivity index (χ3n) is 2.97. The van der Waals surface area contributed by atoms with Gasteiger partial charge in [0.15, 0.2) is 5.82 Å². The predicted molar refractivity (Wildman–Crippen MR) is 61.1 cm³/mol. The highest BCUT2D eigenvalue weighted by Gasteiger charge is 2.16. The Kier molecular flexibility index (Phi) is 3.56. The monoisotopic (exact) mass is 222 g/mol. The van der Waals surface area contributed by atoms with Gasteiger partial charge in [0, 0.05) is 26.0 Å². The highest BCUT2D eigenvalue weighted by Crippen LogP contribution is 2.08. The van der Waals surface area contributed by atoms with Gasteiger partial charge in [-0.05, 0) is 31.8 Å². The van der Waals surface area contributed by atoms with E-state index in [0.29, 0.717) is 11.7 Å². The third-order valence-corrected chi connectivity index (χ3v) is 2.97. The van der Waals surface area contributed by atoms with E-state index < -0.39 is 0 Å². The number of aryl methyl sites for hydroxylation is 1. The Labute approximate surface area is 95.2 Å². The minimum Gasteiger partial charge on any atom is -0.349 e. The molecule has 0 aliphatic carbocycles. The van der Waals surface area contributed by atoms with Crippen molar-refractivity contribution >= 4 is 5.91 Å². The number of aromatic nitrogens is 2. The van der Waals surface area contributed by atoms with Crippen molar-refractivity contribution in [3.8, 4) is 0 Å². The number of nitrogens with zero attached hydrogens (tertiary/aromatic N) is 2. The van der Waals surface area contributed by atoms with Crippen molar-refractivity contribution in [3.05, 3.63) is 18.2 Å². The first-order valence-corrected chi connectivity index (χ1v) is 5.73. The number of rotatable bonds is 3. The van der Waals surface area contributed by atoms with Crippen molar-refractivity contribution in [1.82, 2.24) is 20.2 Å². The molecule has 1 fully saturated rings. The molecule has 1 aliphatic rings. The van der Waals surface area contributed by atoms with Crippen LogP contribution in [0.4, 0.5) is 0 Å². The van der Waals surface area contributed by atoms with Gasteiger partial charge in [-0.1, -0.05) is 0 Å². The lowest BCUT2D eigenvalue weighted by Gasteiger charge is -2.22. The largest absolute Gasteiger partial charge is 0.349 e. The maximum atomic E-state index is 11.8. The molecule has 1 aromatic rings. The van der Waals surface area contributed by atoms with Gasteiger partial charge in [0.25, 0.3) is 5.91 Å². The Morgan fingerprint density at radius 3 is 3.25 bits per heavy atom. The van der Waals surface area contributed by atoms with E-state index in [9.17, 15) is 4.79 Å². The number of piperidine rings is 1. The van der Waals surface area contributed by atoms with Crippen LogP contribution in [0, 0.1) is 5.92 Å². The van der Waals surface area contributed by atoms with Gasteiger partial charge in [0.05, 0.1) is 0 Å². The average Bonchev–Trinajstić information content (AvgIpc) is 2.74. The van der Waals surface area contributed by atoms with E-state index in [1.54, 1.807) is 17.0 Å². The molecule has 5 nitrogen and oxygen atoms in total. The summed E-state index contributed by atoms with van der Waals surface area (Å²) in [6.07, 6.45) is 5.80. The molecule has 1 atom stereocenters. The highest BCUT2D eigenvalue weighted by molar-refractivity contribution is 5.90. The molecule has 0 saturated carbocycles. The fourth-order valence-corrected chi connectivity index (χ4v) is 2.00. The molecule has 1 aromatic heterocycles. The normalized spacial score (nSPS) is 20.7. The molecular weight excluding hydrogens is 204 g/mol. The Morgan fingerprint density at radius 2 is 2.62 bits per heavy atom. The van der Waals surface area contributed by atoms with E-state index in [4.69, 9.17) is 0 Å². The van der Waals surface area contributed by atoms with Crippen LogP contribution in [0.5, 0.6) is 0 Å². The van der Waals surface area contributed by atoms with Crippen LogP contribution in [0.2, 0.25) is 0 Å². The number of hydrogen-bond donors (Lipinski definition) is 2. The van der Waals surface area contributed by atoms with Gasteiger partial charge in [-0.15, -0.1) is 0 Å². The molecule has 2 rings (SSSR count).